The van der Waals surface area contributed by atoms with E-state index in [1.54, 1.807) is 19.1 Å². The van der Waals surface area contributed by atoms with Crippen LogP contribution in [0.4, 0.5) is 11.4 Å². The number of rotatable bonds is 8. The summed E-state index contributed by atoms with van der Waals surface area (Å²) in [4.78, 5) is 23.2. The van der Waals surface area contributed by atoms with Crippen molar-refractivity contribution < 1.29 is 14.5 Å². The number of non-ortho nitro benzene ring substituents is 1. The molecule has 0 amide bonds. The van der Waals surface area contributed by atoms with Crippen molar-refractivity contribution >= 4 is 28.8 Å². The summed E-state index contributed by atoms with van der Waals surface area (Å²) in [6.07, 6.45) is 0. The maximum Gasteiger partial charge on any atom is 0.331 e. The van der Waals surface area contributed by atoms with Crippen LogP contribution in [-0.2, 0) is 9.53 Å². The second-order valence-electron chi connectivity index (χ2n) is 7.49. The van der Waals surface area contributed by atoms with E-state index in [1.807, 2.05) is 60.7 Å². The zero-order valence-corrected chi connectivity index (χ0v) is 18.4. The summed E-state index contributed by atoms with van der Waals surface area (Å²) in [6.45, 7) is 2.02. The van der Waals surface area contributed by atoms with Crippen molar-refractivity contribution in [2.45, 2.75) is 18.9 Å². The van der Waals surface area contributed by atoms with E-state index in [0.29, 0.717) is 17.1 Å². The van der Waals surface area contributed by atoms with Crippen LogP contribution in [0.2, 0.25) is 0 Å². The second kappa shape index (κ2) is 10.4. The first kappa shape index (κ1) is 22.7. The minimum Gasteiger partial charge on any atom is -0.464 e. The first-order valence-corrected chi connectivity index (χ1v) is 10.8. The number of hydrazone groups is 2. The van der Waals surface area contributed by atoms with Crippen LogP contribution in [0.3, 0.4) is 0 Å². The first-order chi connectivity index (χ1) is 16.6. The van der Waals surface area contributed by atoms with Crippen LogP contribution < -0.4 is 10.9 Å². The predicted octanol–water partition coefficient (Wildman–Crippen LogP) is 4.09. The number of ether oxygens (including phenoxy) is 1. The number of nitrogens with one attached hydrogen (secondary N) is 2. The highest BCUT2D eigenvalue weighted by Crippen LogP contribution is 2.29. The molecular weight excluding hydrogens is 434 g/mol. The average Bonchev–Trinajstić information content (AvgIpc) is 3.31. The lowest BCUT2D eigenvalue weighted by atomic mass is 9.85. The molecule has 0 bridgehead atoms. The lowest BCUT2D eigenvalue weighted by molar-refractivity contribution is -0.384. The number of hydrogen-bond acceptors (Lipinski definition) is 8. The van der Waals surface area contributed by atoms with E-state index in [-0.39, 0.29) is 12.3 Å². The molecule has 2 unspecified atom stereocenters. The molecule has 9 nitrogen and oxygen atoms in total. The maximum absolute atomic E-state index is 12.7. The Morgan fingerprint density at radius 3 is 2.32 bits per heavy atom. The van der Waals surface area contributed by atoms with Gasteiger partial charge in [0.15, 0.2) is 6.04 Å². The van der Waals surface area contributed by atoms with Gasteiger partial charge in [0.2, 0.25) is 0 Å². The monoisotopic (exact) mass is 457 g/mol. The Bertz CT molecular complexity index is 1210. The lowest BCUT2D eigenvalue weighted by Gasteiger charge is -2.20. The Kier molecular flexibility index (Phi) is 6.92. The molecule has 2 atom stereocenters. The largest absolute Gasteiger partial charge is 0.464 e. The van der Waals surface area contributed by atoms with E-state index in [2.05, 4.69) is 21.1 Å². The van der Waals surface area contributed by atoms with E-state index >= 15 is 0 Å². The molecule has 0 aromatic heterocycles. The van der Waals surface area contributed by atoms with Crippen molar-refractivity contribution in [1.82, 2.24) is 5.43 Å². The number of anilines is 1. The maximum atomic E-state index is 12.7. The third-order valence-corrected chi connectivity index (χ3v) is 5.32. The Hall–Kier alpha value is -4.53. The number of esters is 1. The average molecular weight is 457 g/mol. The molecule has 172 valence electrons. The van der Waals surface area contributed by atoms with Crippen molar-refractivity contribution in [3.8, 4) is 0 Å². The van der Waals surface area contributed by atoms with Crippen LogP contribution in [0.15, 0.2) is 95.1 Å². The van der Waals surface area contributed by atoms with E-state index < -0.39 is 22.9 Å². The van der Waals surface area contributed by atoms with Crippen LogP contribution >= 0.6 is 0 Å². The summed E-state index contributed by atoms with van der Waals surface area (Å²) in [5, 5.41) is 20.1. The SMILES string of the molecule is CCOC(=O)C1NN=C(/C(=N\Nc2ccc([N+](=O)[O-])cc2)c2ccccc2)C1c1ccccc1. The van der Waals surface area contributed by atoms with Crippen LogP contribution in [-0.4, -0.2) is 35.0 Å². The summed E-state index contributed by atoms with van der Waals surface area (Å²) in [6, 6.07) is 24.3. The molecule has 0 fully saturated rings. The van der Waals surface area contributed by atoms with E-state index in [9.17, 15) is 14.9 Å². The third-order valence-electron chi connectivity index (χ3n) is 5.32. The number of nitro benzene ring substituents is 1. The molecule has 1 aliphatic heterocycles. The van der Waals surface area contributed by atoms with Crippen LogP contribution in [0.1, 0.15) is 24.0 Å². The number of nitrogens with zero attached hydrogens (tertiary/aromatic N) is 3. The summed E-state index contributed by atoms with van der Waals surface area (Å²) < 4.78 is 5.29. The second-order valence-corrected chi connectivity index (χ2v) is 7.49. The van der Waals surface area contributed by atoms with Crippen molar-refractivity contribution in [3.05, 3.63) is 106 Å². The van der Waals surface area contributed by atoms with Gasteiger partial charge in [0.25, 0.3) is 5.69 Å². The smallest absolute Gasteiger partial charge is 0.331 e. The van der Waals surface area contributed by atoms with Gasteiger partial charge in [0, 0.05) is 17.7 Å². The van der Waals surface area contributed by atoms with E-state index in [0.717, 1.165) is 11.1 Å². The van der Waals surface area contributed by atoms with Gasteiger partial charge in [-0.15, -0.1) is 0 Å². The highest BCUT2D eigenvalue weighted by molar-refractivity contribution is 6.50. The predicted molar refractivity (Wildman–Crippen MR) is 130 cm³/mol. The van der Waals surface area contributed by atoms with Crippen LogP contribution in [0.5, 0.6) is 0 Å². The summed E-state index contributed by atoms with van der Waals surface area (Å²) in [5.74, 6) is -0.830. The van der Waals surface area contributed by atoms with Gasteiger partial charge < -0.3 is 4.74 Å². The van der Waals surface area contributed by atoms with E-state index in [4.69, 9.17) is 4.74 Å². The van der Waals surface area contributed by atoms with Crippen molar-refractivity contribution in [2.24, 2.45) is 10.2 Å². The Morgan fingerprint density at radius 2 is 1.71 bits per heavy atom. The fourth-order valence-electron chi connectivity index (χ4n) is 3.72. The molecule has 3 aromatic carbocycles. The molecular formula is C25H23N5O4. The topological polar surface area (TPSA) is 118 Å². The molecule has 0 saturated heterocycles. The van der Waals surface area contributed by atoms with Crippen LogP contribution in [0, 0.1) is 10.1 Å². The normalized spacial score (nSPS) is 17.4. The number of hydrogen-bond donors (Lipinski definition) is 2. The lowest BCUT2D eigenvalue weighted by Crippen LogP contribution is -2.39. The molecule has 3 aromatic rings. The zero-order valence-electron chi connectivity index (χ0n) is 18.4. The van der Waals surface area contributed by atoms with Crippen molar-refractivity contribution in [3.63, 3.8) is 0 Å². The summed E-state index contributed by atoms with van der Waals surface area (Å²) in [7, 11) is 0. The molecule has 0 saturated carbocycles. The number of benzene rings is 3. The van der Waals surface area contributed by atoms with Crippen molar-refractivity contribution in [2.75, 3.05) is 12.0 Å². The molecule has 1 heterocycles. The fourth-order valence-corrected chi connectivity index (χ4v) is 3.72. The molecule has 0 aliphatic carbocycles. The Morgan fingerprint density at radius 1 is 1.06 bits per heavy atom. The quantitative estimate of drug-likeness (QED) is 0.228. The Labute approximate surface area is 196 Å². The molecule has 0 spiro atoms. The minimum absolute atomic E-state index is 0.0106. The number of nitro groups is 1. The molecule has 34 heavy (non-hydrogen) atoms. The third kappa shape index (κ3) is 4.93. The van der Waals surface area contributed by atoms with Crippen molar-refractivity contribution in [1.29, 1.82) is 0 Å². The minimum atomic E-state index is -0.703. The zero-order chi connectivity index (χ0) is 23.9. The molecule has 2 N–H and O–H groups in total. The van der Waals surface area contributed by atoms with Gasteiger partial charge >= 0.3 is 5.97 Å². The van der Waals surface area contributed by atoms with Gasteiger partial charge in [-0.25, -0.2) is 4.79 Å². The standard InChI is InChI=1S/C25H23N5O4/c1-2-34-25(31)24-21(17-9-5-3-6-10-17)23(28-29-24)22(18-11-7-4-8-12-18)27-26-19-13-15-20(16-14-19)30(32)33/h3-16,21,24,26,29H,2H2,1H3/b27-22-. The molecule has 1 aliphatic rings. The highest BCUT2D eigenvalue weighted by Gasteiger charge is 2.41. The van der Waals surface area contributed by atoms with E-state index in [1.165, 1.54) is 12.1 Å². The van der Waals surface area contributed by atoms with Gasteiger partial charge in [-0.1, -0.05) is 60.7 Å². The summed E-state index contributed by atoms with van der Waals surface area (Å²) in [5.41, 5.74) is 9.26. The number of carbonyl (C=O) groups excluding carboxylic acids is 1. The fraction of sp³-hybridized carbons (Fsp3) is 0.160. The number of carbonyl (C=O) groups is 1. The van der Waals surface area contributed by atoms with Gasteiger partial charge in [-0.3, -0.25) is 21.0 Å². The highest BCUT2D eigenvalue weighted by atomic mass is 16.6. The Balaban J connectivity index is 1.73. The summed E-state index contributed by atoms with van der Waals surface area (Å²) >= 11 is 0. The van der Waals surface area contributed by atoms with Gasteiger partial charge in [0.1, 0.15) is 5.71 Å². The van der Waals surface area contributed by atoms with Gasteiger partial charge in [-0.2, -0.15) is 10.2 Å². The molecule has 4 rings (SSSR count). The molecule has 0 radical (unpaired) electrons. The van der Waals surface area contributed by atoms with Gasteiger partial charge in [-0.05, 0) is 24.6 Å². The molecule has 9 heteroatoms. The van der Waals surface area contributed by atoms with Gasteiger partial charge in [0.05, 0.1) is 28.8 Å². The first-order valence-electron chi connectivity index (χ1n) is 10.8. The van der Waals surface area contributed by atoms with Crippen LogP contribution in [0.25, 0.3) is 0 Å².